The molecular weight excluding hydrogens is 448 g/mol. The number of rotatable bonds is 9. The van der Waals surface area contributed by atoms with Gasteiger partial charge < -0.3 is 30.4 Å². The maximum absolute atomic E-state index is 13.5. The average molecular weight is 481 g/mol. The molecule has 1 aliphatic carbocycles. The SMILES string of the molecule is CCCCNC(=O)c1ccc2c3c([nH]c2c1)C(C)(C)c1cc(OC[C@@H](O)[C@H](O)CO)ccc1C3=O. The van der Waals surface area contributed by atoms with Crippen molar-refractivity contribution in [1.82, 2.24) is 10.3 Å². The van der Waals surface area contributed by atoms with Gasteiger partial charge in [0.15, 0.2) is 5.78 Å². The van der Waals surface area contributed by atoms with E-state index in [1.807, 2.05) is 19.9 Å². The summed E-state index contributed by atoms with van der Waals surface area (Å²) in [6.07, 6.45) is -0.617. The summed E-state index contributed by atoms with van der Waals surface area (Å²) in [5.74, 6) is 0.194. The van der Waals surface area contributed by atoms with Crippen LogP contribution in [0.2, 0.25) is 0 Å². The molecule has 35 heavy (non-hydrogen) atoms. The highest BCUT2D eigenvalue weighted by Crippen LogP contribution is 2.44. The van der Waals surface area contributed by atoms with E-state index in [1.165, 1.54) is 0 Å². The monoisotopic (exact) mass is 480 g/mol. The minimum absolute atomic E-state index is 0.108. The number of unbranched alkanes of at least 4 members (excludes halogenated alkanes) is 1. The summed E-state index contributed by atoms with van der Waals surface area (Å²) < 4.78 is 5.63. The second kappa shape index (κ2) is 9.81. The molecule has 0 radical (unpaired) electrons. The number of hydrogen-bond donors (Lipinski definition) is 5. The molecule has 4 rings (SSSR count). The number of nitrogens with one attached hydrogen (secondary N) is 2. The van der Waals surface area contributed by atoms with Gasteiger partial charge >= 0.3 is 0 Å². The summed E-state index contributed by atoms with van der Waals surface area (Å²) >= 11 is 0. The van der Waals surface area contributed by atoms with Crippen LogP contribution in [0.1, 0.15) is 71.1 Å². The third-order valence-corrected chi connectivity index (χ3v) is 6.69. The fourth-order valence-corrected chi connectivity index (χ4v) is 4.54. The number of aliphatic hydroxyl groups is 3. The number of amides is 1. The Bertz CT molecular complexity index is 1260. The highest BCUT2D eigenvalue weighted by atomic mass is 16.5. The number of ether oxygens (including phenoxy) is 1. The molecule has 1 amide bonds. The molecule has 0 unspecified atom stereocenters. The number of aromatic nitrogens is 1. The Morgan fingerprint density at radius 2 is 1.91 bits per heavy atom. The Labute approximate surface area is 203 Å². The van der Waals surface area contributed by atoms with Crippen molar-refractivity contribution in [2.45, 2.75) is 51.2 Å². The normalized spacial score (nSPS) is 15.9. The molecule has 0 saturated carbocycles. The fraction of sp³-hybridized carbons (Fsp3) is 0.407. The number of ketones is 1. The quantitative estimate of drug-likeness (QED) is 0.299. The van der Waals surface area contributed by atoms with Crippen molar-refractivity contribution in [2.24, 2.45) is 0 Å². The van der Waals surface area contributed by atoms with E-state index in [-0.39, 0.29) is 18.3 Å². The minimum Gasteiger partial charge on any atom is -0.491 e. The fourth-order valence-electron chi connectivity index (χ4n) is 4.54. The molecule has 0 spiro atoms. The lowest BCUT2D eigenvalue weighted by atomic mass is 9.71. The first kappa shape index (κ1) is 24.9. The zero-order valence-corrected chi connectivity index (χ0v) is 20.2. The molecule has 3 aromatic rings. The number of benzene rings is 2. The van der Waals surface area contributed by atoms with Crippen LogP contribution in [0.15, 0.2) is 36.4 Å². The molecule has 0 fully saturated rings. The molecule has 1 heterocycles. The number of aliphatic hydroxyl groups excluding tert-OH is 3. The van der Waals surface area contributed by atoms with Gasteiger partial charge in [-0.15, -0.1) is 0 Å². The smallest absolute Gasteiger partial charge is 0.251 e. The van der Waals surface area contributed by atoms with E-state index < -0.39 is 24.2 Å². The third kappa shape index (κ3) is 4.57. The standard InChI is InChI=1S/C27H32N2O6/c1-4-5-10-28-26(34)15-6-8-18-20(11-15)29-25-23(18)24(33)17-9-7-16(12-19(17)27(25,2)3)35-14-22(32)21(31)13-30/h6-9,11-12,21-22,29-32H,4-5,10,13-14H2,1-3H3,(H,28,34)/t21-,22-/m1/s1. The predicted molar refractivity (Wildman–Crippen MR) is 132 cm³/mol. The Morgan fingerprint density at radius 1 is 1.14 bits per heavy atom. The highest BCUT2D eigenvalue weighted by molar-refractivity contribution is 6.20. The van der Waals surface area contributed by atoms with Crippen LogP contribution in [0.3, 0.4) is 0 Å². The van der Waals surface area contributed by atoms with Gasteiger partial charge in [0.1, 0.15) is 24.6 Å². The van der Waals surface area contributed by atoms with Crippen LogP contribution in [0, 0.1) is 0 Å². The number of fused-ring (bicyclic) bond motifs is 4. The first-order valence-electron chi connectivity index (χ1n) is 11.9. The lowest BCUT2D eigenvalue weighted by Gasteiger charge is -2.32. The second-order valence-electron chi connectivity index (χ2n) is 9.53. The largest absolute Gasteiger partial charge is 0.491 e. The second-order valence-corrected chi connectivity index (χ2v) is 9.53. The first-order valence-corrected chi connectivity index (χ1v) is 11.9. The number of carbonyl (C=O) groups excluding carboxylic acids is 2. The zero-order chi connectivity index (χ0) is 25.3. The molecule has 186 valence electrons. The van der Waals surface area contributed by atoms with Crippen LogP contribution in [0.5, 0.6) is 5.75 Å². The summed E-state index contributed by atoms with van der Waals surface area (Å²) in [4.78, 5) is 29.5. The maximum Gasteiger partial charge on any atom is 0.251 e. The van der Waals surface area contributed by atoms with Crippen LogP contribution in [0.4, 0.5) is 0 Å². The topological polar surface area (TPSA) is 132 Å². The van der Waals surface area contributed by atoms with Crippen molar-refractivity contribution in [3.8, 4) is 5.75 Å². The van der Waals surface area contributed by atoms with Crippen LogP contribution in [-0.2, 0) is 5.41 Å². The predicted octanol–water partition coefficient (Wildman–Crippen LogP) is 2.66. The first-order chi connectivity index (χ1) is 16.7. The van der Waals surface area contributed by atoms with Crippen LogP contribution < -0.4 is 10.1 Å². The maximum atomic E-state index is 13.5. The van der Waals surface area contributed by atoms with Crippen LogP contribution in [-0.4, -0.2) is 64.0 Å². The van der Waals surface area contributed by atoms with Gasteiger partial charge in [-0.25, -0.2) is 0 Å². The molecule has 2 atom stereocenters. The van der Waals surface area contributed by atoms with Crippen molar-refractivity contribution < 1.29 is 29.6 Å². The van der Waals surface area contributed by atoms with E-state index in [4.69, 9.17) is 9.84 Å². The van der Waals surface area contributed by atoms with E-state index in [0.717, 1.165) is 35.0 Å². The highest BCUT2D eigenvalue weighted by Gasteiger charge is 2.40. The summed E-state index contributed by atoms with van der Waals surface area (Å²) in [5.41, 5.74) is 3.40. The van der Waals surface area contributed by atoms with Gasteiger partial charge in [-0.1, -0.05) is 33.3 Å². The third-order valence-electron chi connectivity index (χ3n) is 6.69. The number of carbonyl (C=O) groups is 2. The van der Waals surface area contributed by atoms with Gasteiger partial charge in [0, 0.05) is 39.7 Å². The van der Waals surface area contributed by atoms with Crippen molar-refractivity contribution in [3.05, 3.63) is 64.3 Å². The number of H-pyrrole nitrogens is 1. The van der Waals surface area contributed by atoms with Crippen molar-refractivity contribution in [1.29, 1.82) is 0 Å². The van der Waals surface area contributed by atoms with Crippen LogP contribution >= 0.6 is 0 Å². The van der Waals surface area contributed by atoms with E-state index >= 15 is 0 Å². The zero-order valence-electron chi connectivity index (χ0n) is 20.2. The lowest BCUT2D eigenvalue weighted by molar-refractivity contribution is -0.0339. The number of hydrogen-bond acceptors (Lipinski definition) is 6. The van der Waals surface area contributed by atoms with E-state index in [9.17, 15) is 19.8 Å². The summed E-state index contributed by atoms with van der Waals surface area (Å²) in [6, 6.07) is 10.5. The Hall–Kier alpha value is -3.20. The molecule has 5 N–H and O–H groups in total. The minimum atomic E-state index is -1.29. The van der Waals surface area contributed by atoms with Crippen molar-refractivity contribution in [3.63, 3.8) is 0 Å². The molecule has 1 aliphatic rings. The molecule has 0 aliphatic heterocycles. The van der Waals surface area contributed by atoms with Gasteiger partial charge in [0.25, 0.3) is 5.91 Å². The lowest BCUT2D eigenvalue weighted by Crippen LogP contribution is -2.34. The van der Waals surface area contributed by atoms with E-state index in [0.29, 0.717) is 29.0 Å². The number of aromatic amines is 1. The van der Waals surface area contributed by atoms with Gasteiger partial charge in [-0.3, -0.25) is 9.59 Å². The van der Waals surface area contributed by atoms with E-state index in [2.05, 4.69) is 17.2 Å². The average Bonchev–Trinajstić information content (AvgIpc) is 3.25. The Balaban J connectivity index is 1.67. The molecule has 1 aromatic heterocycles. The summed E-state index contributed by atoms with van der Waals surface area (Å²) in [7, 11) is 0. The molecule has 8 nitrogen and oxygen atoms in total. The molecule has 0 saturated heterocycles. The molecule has 0 bridgehead atoms. The molecule has 8 heteroatoms. The molecule has 2 aromatic carbocycles. The van der Waals surface area contributed by atoms with Gasteiger partial charge in [0.05, 0.1) is 12.2 Å². The van der Waals surface area contributed by atoms with Crippen molar-refractivity contribution >= 4 is 22.6 Å². The Kier molecular flexibility index (Phi) is 6.98. The van der Waals surface area contributed by atoms with Gasteiger partial charge in [0.2, 0.25) is 0 Å². The molecular formula is C27H32N2O6. The van der Waals surface area contributed by atoms with Gasteiger partial charge in [-0.2, -0.15) is 0 Å². The summed E-state index contributed by atoms with van der Waals surface area (Å²) in [6.45, 7) is 5.95. The summed E-state index contributed by atoms with van der Waals surface area (Å²) in [5, 5.41) is 32.1. The van der Waals surface area contributed by atoms with Gasteiger partial charge in [-0.05, 0) is 42.3 Å². The van der Waals surface area contributed by atoms with Crippen molar-refractivity contribution in [2.75, 3.05) is 19.8 Å². The van der Waals surface area contributed by atoms with Crippen LogP contribution in [0.25, 0.3) is 10.9 Å². The van der Waals surface area contributed by atoms with E-state index in [1.54, 1.807) is 30.3 Å². The Morgan fingerprint density at radius 3 is 2.63 bits per heavy atom.